The van der Waals surface area contributed by atoms with Crippen molar-refractivity contribution in [2.75, 3.05) is 13.1 Å². The molecule has 5 nitrogen and oxygen atoms in total. The summed E-state index contributed by atoms with van der Waals surface area (Å²) in [4.78, 5) is 27.2. The van der Waals surface area contributed by atoms with Gasteiger partial charge in [0, 0.05) is 19.6 Å². The van der Waals surface area contributed by atoms with Gasteiger partial charge in [-0.15, -0.1) is 0 Å². The smallest absolute Gasteiger partial charge is 0.329 e. The lowest BCUT2D eigenvalue weighted by Crippen LogP contribution is -2.41. The second-order valence-electron chi connectivity index (χ2n) is 6.57. The zero-order chi connectivity index (χ0) is 16.4. The Morgan fingerprint density at radius 3 is 2.35 bits per heavy atom. The van der Waals surface area contributed by atoms with E-state index in [1.54, 1.807) is 9.13 Å². The molecule has 0 aliphatic carbocycles. The van der Waals surface area contributed by atoms with Gasteiger partial charge >= 0.3 is 5.69 Å². The van der Waals surface area contributed by atoms with Gasteiger partial charge in [0.15, 0.2) is 0 Å². The first-order chi connectivity index (χ1) is 11.1. The number of aryl methyl sites for hydroxylation is 1. The second-order valence-corrected chi connectivity index (χ2v) is 6.57. The molecule has 0 radical (unpaired) electrons. The molecule has 0 spiro atoms. The summed E-state index contributed by atoms with van der Waals surface area (Å²) in [7, 11) is 0. The highest BCUT2D eigenvalue weighted by molar-refractivity contribution is 5.81. The predicted octanol–water partition coefficient (Wildman–Crippen LogP) is 2.47. The van der Waals surface area contributed by atoms with Crippen LogP contribution in [0.3, 0.4) is 0 Å². The first-order valence-corrected chi connectivity index (χ1v) is 8.57. The van der Waals surface area contributed by atoms with Gasteiger partial charge in [-0.05, 0) is 37.3 Å². The molecule has 0 saturated carbocycles. The van der Waals surface area contributed by atoms with Crippen molar-refractivity contribution in [2.24, 2.45) is 5.92 Å². The first-order valence-electron chi connectivity index (χ1n) is 8.57. The number of likely N-dealkylation sites (tertiary alicyclic amines) is 1. The van der Waals surface area contributed by atoms with Gasteiger partial charge in [0.1, 0.15) is 6.54 Å². The fraction of sp³-hybridized carbons (Fsp3) is 0.556. The van der Waals surface area contributed by atoms with Crippen molar-refractivity contribution < 1.29 is 4.79 Å². The summed E-state index contributed by atoms with van der Waals surface area (Å²) >= 11 is 0. The van der Waals surface area contributed by atoms with E-state index in [2.05, 4.69) is 13.8 Å². The average molecular weight is 315 g/mol. The number of aromatic nitrogens is 2. The molecule has 0 bridgehead atoms. The minimum absolute atomic E-state index is 0.0541. The average Bonchev–Trinajstić information content (AvgIpc) is 2.82. The maximum absolute atomic E-state index is 12.7. The van der Waals surface area contributed by atoms with Gasteiger partial charge in [-0.1, -0.05) is 26.0 Å². The number of hydrogen-bond acceptors (Lipinski definition) is 2. The highest BCUT2D eigenvalue weighted by Gasteiger charge is 2.22. The number of hydrogen-bond donors (Lipinski definition) is 0. The molecule has 1 fully saturated rings. The molecule has 23 heavy (non-hydrogen) atoms. The molecule has 1 aromatic carbocycles. The standard InChI is InChI=1S/C18H25N3O2/c1-3-10-20-15-6-4-5-7-16(15)21(18(20)23)13-17(22)19-11-8-14(2)9-12-19/h4-7,14H,3,8-13H2,1-2H3. The van der Waals surface area contributed by atoms with Crippen LogP contribution in [0.25, 0.3) is 11.0 Å². The molecule has 5 heteroatoms. The molecule has 2 heterocycles. The maximum atomic E-state index is 12.7. The zero-order valence-electron chi connectivity index (χ0n) is 14.0. The van der Waals surface area contributed by atoms with E-state index >= 15 is 0 Å². The number of amides is 1. The number of benzene rings is 1. The minimum atomic E-state index is -0.0771. The summed E-state index contributed by atoms with van der Waals surface area (Å²) in [5, 5.41) is 0. The normalized spacial score (nSPS) is 16.2. The lowest BCUT2D eigenvalue weighted by molar-refractivity contribution is -0.133. The Morgan fingerprint density at radius 2 is 1.74 bits per heavy atom. The van der Waals surface area contributed by atoms with Gasteiger partial charge in [0.2, 0.25) is 5.91 Å². The number of carbonyl (C=O) groups is 1. The quantitative estimate of drug-likeness (QED) is 0.870. The lowest BCUT2D eigenvalue weighted by atomic mass is 9.99. The molecule has 1 aliphatic rings. The van der Waals surface area contributed by atoms with Crippen LogP contribution in [0.4, 0.5) is 0 Å². The van der Waals surface area contributed by atoms with E-state index in [1.807, 2.05) is 29.2 Å². The summed E-state index contributed by atoms with van der Waals surface area (Å²) < 4.78 is 3.41. The fourth-order valence-corrected chi connectivity index (χ4v) is 3.36. The van der Waals surface area contributed by atoms with E-state index in [4.69, 9.17) is 0 Å². The molecule has 1 aliphatic heterocycles. The van der Waals surface area contributed by atoms with Gasteiger partial charge in [-0.3, -0.25) is 13.9 Å². The van der Waals surface area contributed by atoms with E-state index in [0.717, 1.165) is 43.4 Å². The molecule has 124 valence electrons. The Kier molecular flexibility index (Phi) is 4.55. The monoisotopic (exact) mass is 315 g/mol. The zero-order valence-corrected chi connectivity index (χ0v) is 14.0. The van der Waals surface area contributed by atoms with E-state index < -0.39 is 0 Å². The van der Waals surface area contributed by atoms with Gasteiger partial charge < -0.3 is 4.90 Å². The SMILES string of the molecule is CCCn1c(=O)n(CC(=O)N2CCC(C)CC2)c2ccccc21. The molecule has 1 saturated heterocycles. The molecular weight excluding hydrogens is 290 g/mol. The molecule has 0 atom stereocenters. The number of carbonyl (C=O) groups excluding carboxylic acids is 1. The first kappa shape index (κ1) is 15.8. The molecule has 2 aromatic rings. The summed E-state index contributed by atoms with van der Waals surface area (Å²) in [6.07, 6.45) is 3.00. The van der Waals surface area contributed by atoms with Crippen LogP contribution in [-0.4, -0.2) is 33.0 Å². The number of para-hydroxylation sites is 2. The van der Waals surface area contributed by atoms with Crippen LogP contribution in [-0.2, 0) is 17.9 Å². The molecular formula is C18H25N3O2. The van der Waals surface area contributed by atoms with Crippen LogP contribution in [0.2, 0.25) is 0 Å². The fourth-order valence-electron chi connectivity index (χ4n) is 3.36. The van der Waals surface area contributed by atoms with Crippen LogP contribution in [0.15, 0.2) is 29.1 Å². The van der Waals surface area contributed by atoms with E-state index in [9.17, 15) is 9.59 Å². The predicted molar refractivity (Wildman–Crippen MR) is 91.5 cm³/mol. The molecule has 3 rings (SSSR count). The summed E-state index contributed by atoms with van der Waals surface area (Å²) in [5.74, 6) is 0.742. The second kappa shape index (κ2) is 6.60. The Hall–Kier alpha value is -2.04. The third-order valence-corrected chi connectivity index (χ3v) is 4.80. The van der Waals surface area contributed by atoms with Gasteiger partial charge in [-0.2, -0.15) is 0 Å². The number of rotatable bonds is 4. The third-order valence-electron chi connectivity index (χ3n) is 4.80. The Labute approximate surface area is 136 Å². The van der Waals surface area contributed by atoms with Crippen LogP contribution in [0.1, 0.15) is 33.1 Å². The van der Waals surface area contributed by atoms with Gasteiger partial charge in [0.25, 0.3) is 0 Å². The van der Waals surface area contributed by atoms with Crippen molar-refractivity contribution in [1.82, 2.24) is 14.0 Å². The highest BCUT2D eigenvalue weighted by atomic mass is 16.2. The van der Waals surface area contributed by atoms with Crippen LogP contribution < -0.4 is 5.69 Å². The number of imidazole rings is 1. The van der Waals surface area contributed by atoms with Crippen LogP contribution >= 0.6 is 0 Å². The van der Waals surface area contributed by atoms with E-state index in [1.165, 1.54) is 0 Å². The largest absolute Gasteiger partial charge is 0.341 e. The molecule has 1 aromatic heterocycles. The summed E-state index contributed by atoms with van der Waals surface area (Å²) in [6.45, 7) is 6.72. The van der Waals surface area contributed by atoms with Gasteiger partial charge in [0.05, 0.1) is 11.0 Å². The number of piperidine rings is 1. The Balaban J connectivity index is 1.89. The van der Waals surface area contributed by atoms with Crippen LogP contribution in [0, 0.1) is 5.92 Å². The van der Waals surface area contributed by atoms with Crippen molar-refractivity contribution in [3.05, 3.63) is 34.7 Å². The topological polar surface area (TPSA) is 47.2 Å². The van der Waals surface area contributed by atoms with Crippen LogP contribution in [0.5, 0.6) is 0 Å². The van der Waals surface area contributed by atoms with Gasteiger partial charge in [-0.25, -0.2) is 4.79 Å². The third kappa shape index (κ3) is 3.05. The molecule has 1 amide bonds. The van der Waals surface area contributed by atoms with Crippen molar-refractivity contribution in [2.45, 2.75) is 46.2 Å². The maximum Gasteiger partial charge on any atom is 0.329 e. The number of fused-ring (bicyclic) bond motifs is 1. The molecule has 0 N–H and O–H groups in total. The van der Waals surface area contributed by atoms with E-state index in [-0.39, 0.29) is 18.1 Å². The van der Waals surface area contributed by atoms with Crippen molar-refractivity contribution in [3.8, 4) is 0 Å². The molecule has 0 unspecified atom stereocenters. The Bertz CT molecular complexity index is 751. The van der Waals surface area contributed by atoms with Crippen molar-refractivity contribution in [3.63, 3.8) is 0 Å². The number of nitrogens with zero attached hydrogens (tertiary/aromatic N) is 3. The summed E-state index contributed by atoms with van der Waals surface area (Å²) in [5.41, 5.74) is 1.69. The minimum Gasteiger partial charge on any atom is -0.341 e. The van der Waals surface area contributed by atoms with Crippen molar-refractivity contribution in [1.29, 1.82) is 0 Å². The van der Waals surface area contributed by atoms with Crippen molar-refractivity contribution >= 4 is 16.9 Å². The summed E-state index contributed by atoms with van der Waals surface area (Å²) in [6, 6.07) is 7.73. The lowest BCUT2D eigenvalue weighted by Gasteiger charge is -2.30. The highest BCUT2D eigenvalue weighted by Crippen LogP contribution is 2.17. The Morgan fingerprint density at radius 1 is 1.13 bits per heavy atom. The van der Waals surface area contributed by atoms with E-state index in [0.29, 0.717) is 12.5 Å².